The monoisotopic (exact) mass is 369 g/mol. The molecule has 0 radical (unpaired) electrons. The van der Waals surface area contributed by atoms with Gasteiger partial charge in [0.25, 0.3) is 0 Å². The van der Waals surface area contributed by atoms with Crippen molar-refractivity contribution in [3.05, 3.63) is 93.5 Å². The van der Waals surface area contributed by atoms with Crippen LogP contribution in [0.2, 0.25) is 10.0 Å². The van der Waals surface area contributed by atoms with Crippen LogP contribution in [0, 0.1) is 6.92 Å². The molecule has 0 saturated carbocycles. The average Bonchev–Trinajstić information content (AvgIpc) is 2.61. The Kier molecular flexibility index (Phi) is 5.75. The van der Waals surface area contributed by atoms with Crippen molar-refractivity contribution in [2.75, 3.05) is 0 Å². The maximum Gasteiger partial charge on any atom is 0.138 e. The molecule has 4 heteroatoms. The van der Waals surface area contributed by atoms with Crippen LogP contribution < -0.4 is 4.74 Å². The molecule has 0 aliphatic carbocycles. The summed E-state index contributed by atoms with van der Waals surface area (Å²) < 4.78 is 5.78. The molecule has 0 bridgehead atoms. The minimum atomic E-state index is 0.371. The minimum Gasteiger partial charge on any atom is -0.487 e. The highest BCUT2D eigenvalue weighted by Gasteiger charge is 2.05. The van der Waals surface area contributed by atoms with Gasteiger partial charge >= 0.3 is 0 Å². The summed E-state index contributed by atoms with van der Waals surface area (Å²) >= 11 is 12.5. The Morgan fingerprint density at radius 3 is 2.44 bits per heavy atom. The van der Waals surface area contributed by atoms with Crippen LogP contribution in [0.4, 0.5) is 5.69 Å². The van der Waals surface area contributed by atoms with Crippen LogP contribution in [0.3, 0.4) is 0 Å². The average molecular weight is 370 g/mol. The molecule has 126 valence electrons. The predicted octanol–water partition coefficient (Wildman–Crippen LogP) is 6.63. The van der Waals surface area contributed by atoms with Gasteiger partial charge in [0, 0.05) is 16.8 Å². The van der Waals surface area contributed by atoms with E-state index in [1.54, 1.807) is 6.21 Å². The van der Waals surface area contributed by atoms with Crippen LogP contribution in [0.25, 0.3) is 0 Å². The van der Waals surface area contributed by atoms with E-state index in [2.05, 4.69) is 4.99 Å². The predicted molar refractivity (Wildman–Crippen MR) is 106 cm³/mol. The van der Waals surface area contributed by atoms with Gasteiger partial charge in [0.15, 0.2) is 0 Å². The molecule has 3 aromatic carbocycles. The Balaban J connectivity index is 1.71. The van der Waals surface area contributed by atoms with E-state index in [0.717, 1.165) is 22.4 Å². The van der Waals surface area contributed by atoms with Crippen LogP contribution >= 0.6 is 23.2 Å². The third kappa shape index (κ3) is 4.62. The molecule has 0 aromatic heterocycles. The largest absolute Gasteiger partial charge is 0.487 e. The van der Waals surface area contributed by atoms with E-state index >= 15 is 0 Å². The first-order valence-corrected chi connectivity index (χ1v) is 8.64. The van der Waals surface area contributed by atoms with Gasteiger partial charge in [-0.25, -0.2) is 0 Å². The second kappa shape index (κ2) is 8.19. The number of halogens is 2. The number of hydrogen-bond acceptors (Lipinski definition) is 2. The minimum absolute atomic E-state index is 0.371. The van der Waals surface area contributed by atoms with Crippen LogP contribution in [0.15, 0.2) is 71.7 Å². The molecule has 3 rings (SSSR count). The molecule has 0 atom stereocenters. The Hall–Kier alpha value is -2.29. The van der Waals surface area contributed by atoms with Crippen LogP contribution in [0.5, 0.6) is 5.75 Å². The lowest BCUT2D eigenvalue weighted by Gasteiger charge is -2.09. The SMILES string of the molecule is Cc1ccccc1N=Cc1ccc(OCc2ccccc2Cl)c(Cl)c1. The van der Waals surface area contributed by atoms with Crippen LogP contribution in [-0.4, -0.2) is 6.21 Å². The van der Waals surface area contributed by atoms with Crippen molar-refractivity contribution < 1.29 is 4.74 Å². The Morgan fingerprint density at radius 1 is 0.920 bits per heavy atom. The third-order valence-corrected chi connectivity index (χ3v) is 4.43. The molecule has 0 N–H and O–H groups in total. The molecule has 0 unspecified atom stereocenters. The zero-order chi connectivity index (χ0) is 17.6. The summed E-state index contributed by atoms with van der Waals surface area (Å²) in [5.74, 6) is 0.620. The molecule has 25 heavy (non-hydrogen) atoms. The lowest BCUT2D eigenvalue weighted by molar-refractivity contribution is 0.306. The highest BCUT2D eigenvalue weighted by Crippen LogP contribution is 2.27. The Bertz CT molecular complexity index is 906. The molecular weight excluding hydrogens is 353 g/mol. The van der Waals surface area contributed by atoms with Gasteiger partial charge in [0.1, 0.15) is 12.4 Å². The zero-order valence-corrected chi connectivity index (χ0v) is 15.3. The molecule has 2 nitrogen and oxygen atoms in total. The summed E-state index contributed by atoms with van der Waals surface area (Å²) in [6, 6.07) is 21.2. The molecule has 0 aliphatic rings. The van der Waals surface area contributed by atoms with Crippen LogP contribution in [-0.2, 0) is 6.61 Å². The number of nitrogens with zero attached hydrogens (tertiary/aromatic N) is 1. The quantitative estimate of drug-likeness (QED) is 0.462. The van der Waals surface area contributed by atoms with E-state index in [4.69, 9.17) is 27.9 Å². The highest BCUT2D eigenvalue weighted by molar-refractivity contribution is 6.32. The number of ether oxygens (including phenoxy) is 1. The van der Waals surface area contributed by atoms with E-state index in [1.165, 1.54) is 0 Å². The van der Waals surface area contributed by atoms with Gasteiger partial charge in [-0.05, 0) is 48.4 Å². The molecule has 3 aromatic rings. The van der Waals surface area contributed by atoms with Gasteiger partial charge in [-0.3, -0.25) is 4.99 Å². The molecule has 0 amide bonds. The third-order valence-electron chi connectivity index (χ3n) is 3.77. The van der Waals surface area contributed by atoms with Gasteiger partial charge in [-0.15, -0.1) is 0 Å². The van der Waals surface area contributed by atoms with Crippen LogP contribution in [0.1, 0.15) is 16.7 Å². The summed E-state index contributed by atoms with van der Waals surface area (Å²) in [5.41, 5.74) is 3.91. The van der Waals surface area contributed by atoms with Gasteiger partial charge in [0.05, 0.1) is 10.7 Å². The van der Waals surface area contributed by atoms with Crippen molar-refractivity contribution in [1.82, 2.24) is 0 Å². The fraction of sp³-hybridized carbons (Fsp3) is 0.0952. The number of benzene rings is 3. The normalized spacial score (nSPS) is 11.0. The Morgan fingerprint density at radius 2 is 1.68 bits per heavy atom. The lowest BCUT2D eigenvalue weighted by Crippen LogP contribution is -1.97. The number of aryl methyl sites for hydroxylation is 1. The smallest absolute Gasteiger partial charge is 0.138 e. The number of rotatable bonds is 5. The standard InChI is InChI=1S/C21H17Cl2NO/c1-15-6-2-5-9-20(15)24-13-16-10-11-21(19(23)12-16)25-14-17-7-3-4-8-18(17)22/h2-13H,14H2,1H3. The molecule has 0 heterocycles. The number of hydrogen-bond donors (Lipinski definition) is 0. The second-order valence-corrected chi connectivity index (χ2v) is 6.43. The van der Waals surface area contributed by atoms with Gasteiger partial charge in [-0.1, -0.05) is 59.6 Å². The highest BCUT2D eigenvalue weighted by atomic mass is 35.5. The first-order valence-electron chi connectivity index (χ1n) is 7.89. The first kappa shape index (κ1) is 17.5. The topological polar surface area (TPSA) is 21.6 Å². The number of aliphatic imine (C=N–C) groups is 1. The van der Waals surface area contributed by atoms with Gasteiger partial charge < -0.3 is 4.74 Å². The summed E-state index contributed by atoms with van der Waals surface area (Å²) in [6.45, 7) is 2.40. The lowest BCUT2D eigenvalue weighted by atomic mass is 10.2. The molecule has 0 saturated heterocycles. The molecule has 0 aliphatic heterocycles. The zero-order valence-electron chi connectivity index (χ0n) is 13.7. The van der Waals surface area contributed by atoms with E-state index in [0.29, 0.717) is 22.4 Å². The summed E-state index contributed by atoms with van der Waals surface area (Å²) in [6.07, 6.45) is 1.80. The van der Waals surface area contributed by atoms with Crippen molar-refractivity contribution in [2.45, 2.75) is 13.5 Å². The molecule has 0 spiro atoms. The van der Waals surface area contributed by atoms with Crippen molar-refractivity contribution in [1.29, 1.82) is 0 Å². The maximum atomic E-state index is 6.33. The van der Waals surface area contributed by atoms with Gasteiger partial charge in [0.2, 0.25) is 0 Å². The fourth-order valence-corrected chi connectivity index (χ4v) is 2.77. The Labute approximate surface area is 157 Å². The summed E-state index contributed by atoms with van der Waals surface area (Å²) in [7, 11) is 0. The summed E-state index contributed by atoms with van der Waals surface area (Å²) in [5, 5.41) is 1.22. The van der Waals surface area contributed by atoms with Crippen molar-refractivity contribution >= 4 is 35.1 Å². The fourth-order valence-electron chi connectivity index (χ4n) is 2.34. The number of para-hydroxylation sites is 1. The maximum absolute atomic E-state index is 6.33. The van der Waals surface area contributed by atoms with Crippen molar-refractivity contribution in [3.8, 4) is 5.75 Å². The van der Waals surface area contributed by atoms with Gasteiger partial charge in [-0.2, -0.15) is 0 Å². The summed E-state index contributed by atoms with van der Waals surface area (Å²) in [4.78, 5) is 4.51. The van der Waals surface area contributed by atoms with Crippen molar-refractivity contribution in [3.63, 3.8) is 0 Å². The first-order chi connectivity index (χ1) is 12.1. The molecular formula is C21H17Cl2NO. The van der Waals surface area contributed by atoms with Crippen molar-refractivity contribution in [2.24, 2.45) is 4.99 Å². The van der Waals surface area contributed by atoms with E-state index in [-0.39, 0.29) is 0 Å². The van der Waals surface area contributed by atoms with E-state index in [1.807, 2.05) is 73.7 Å². The second-order valence-electron chi connectivity index (χ2n) is 5.61. The molecule has 0 fully saturated rings. The van der Waals surface area contributed by atoms with E-state index < -0.39 is 0 Å². The van der Waals surface area contributed by atoms with E-state index in [9.17, 15) is 0 Å².